The number of aromatic hydroxyl groups is 1. The highest BCUT2D eigenvalue weighted by Gasteiger charge is 2.47. The van der Waals surface area contributed by atoms with Crippen LogP contribution >= 0.6 is 15.9 Å². The number of aryl methyl sites for hydroxylation is 1. The predicted octanol–water partition coefficient (Wildman–Crippen LogP) is 3.21. The number of ketones is 1. The fraction of sp³-hybridized carbons (Fsp3) is 0.286. The molecule has 1 saturated heterocycles. The summed E-state index contributed by atoms with van der Waals surface area (Å²) >= 11 is 3.34. The molecule has 2 aromatic rings. The third kappa shape index (κ3) is 4.42. The first-order chi connectivity index (χ1) is 13.3. The van der Waals surface area contributed by atoms with E-state index in [0.717, 1.165) is 14.9 Å². The van der Waals surface area contributed by atoms with Gasteiger partial charge in [0.2, 0.25) is 0 Å². The zero-order valence-corrected chi connectivity index (χ0v) is 17.0. The summed E-state index contributed by atoms with van der Waals surface area (Å²) in [7, 11) is 0. The number of nitrogens with zero attached hydrogens (tertiary/aromatic N) is 1. The molecule has 1 heterocycles. The molecule has 0 spiro atoms. The normalized spacial score (nSPS) is 19.0. The average Bonchev–Trinajstić information content (AvgIpc) is 2.86. The van der Waals surface area contributed by atoms with E-state index in [4.69, 9.17) is 0 Å². The van der Waals surface area contributed by atoms with E-state index >= 15 is 0 Å². The molecular weight excluding hydrogens is 424 g/mol. The summed E-state index contributed by atoms with van der Waals surface area (Å²) in [4.78, 5) is 38.4. The largest absolute Gasteiger partial charge is 0.508 e. The Balaban J connectivity index is 1.62. The van der Waals surface area contributed by atoms with Crippen molar-refractivity contribution in [2.75, 3.05) is 6.54 Å². The Hall–Kier alpha value is -2.67. The van der Waals surface area contributed by atoms with Crippen LogP contribution in [0.3, 0.4) is 0 Å². The topological polar surface area (TPSA) is 86.7 Å². The number of imide groups is 1. The van der Waals surface area contributed by atoms with Crippen molar-refractivity contribution in [2.24, 2.45) is 0 Å². The van der Waals surface area contributed by atoms with Crippen LogP contribution < -0.4 is 5.32 Å². The molecule has 6 nitrogen and oxygen atoms in total. The summed E-state index contributed by atoms with van der Waals surface area (Å²) in [5.41, 5.74) is 0.426. The molecule has 7 heteroatoms. The van der Waals surface area contributed by atoms with Crippen molar-refractivity contribution < 1.29 is 19.5 Å². The number of Topliss-reactive ketones (excluding diaryl/α,β-unsaturated/α-hetero) is 1. The molecule has 146 valence electrons. The van der Waals surface area contributed by atoms with Crippen molar-refractivity contribution in [3.8, 4) is 5.75 Å². The molecule has 0 saturated carbocycles. The van der Waals surface area contributed by atoms with Crippen LogP contribution in [0.5, 0.6) is 5.75 Å². The Morgan fingerprint density at radius 3 is 2.50 bits per heavy atom. The van der Waals surface area contributed by atoms with Crippen molar-refractivity contribution in [1.29, 1.82) is 0 Å². The molecule has 2 N–H and O–H groups in total. The maximum atomic E-state index is 12.8. The third-order valence-electron chi connectivity index (χ3n) is 4.88. The van der Waals surface area contributed by atoms with E-state index in [-0.39, 0.29) is 24.5 Å². The van der Waals surface area contributed by atoms with Crippen LogP contribution in [0.15, 0.2) is 53.0 Å². The minimum atomic E-state index is -1.10. The molecule has 1 unspecified atom stereocenters. The highest BCUT2D eigenvalue weighted by Crippen LogP contribution is 2.26. The number of nitrogens with one attached hydrogen (secondary N) is 1. The Labute approximate surface area is 171 Å². The first-order valence-electron chi connectivity index (χ1n) is 8.95. The highest BCUT2D eigenvalue weighted by atomic mass is 79.9. The number of halogens is 1. The smallest absolute Gasteiger partial charge is 0.325 e. The van der Waals surface area contributed by atoms with Gasteiger partial charge in [0.15, 0.2) is 5.78 Å². The second-order valence-electron chi connectivity index (χ2n) is 7.12. The first kappa shape index (κ1) is 20.1. The van der Waals surface area contributed by atoms with E-state index < -0.39 is 17.5 Å². The summed E-state index contributed by atoms with van der Waals surface area (Å²) in [5.74, 6) is -0.475. The lowest BCUT2D eigenvalue weighted by Crippen LogP contribution is -2.44. The lowest BCUT2D eigenvalue weighted by Gasteiger charge is -2.21. The Kier molecular flexibility index (Phi) is 5.84. The van der Waals surface area contributed by atoms with Crippen molar-refractivity contribution >= 4 is 33.7 Å². The quantitative estimate of drug-likeness (QED) is 0.641. The van der Waals surface area contributed by atoms with Crippen molar-refractivity contribution in [1.82, 2.24) is 10.2 Å². The third-order valence-corrected chi connectivity index (χ3v) is 5.41. The number of benzene rings is 2. The van der Waals surface area contributed by atoms with Gasteiger partial charge in [-0.1, -0.05) is 46.3 Å². The predicted molar refractivity (Wildman–Crippen MR) is 108 cm³/mol. The molecule has 1 atom stereocenters. The molecule has 28 heavy (non-hydrogen) atoms. The van der Waals surface area contributed by atoms with Crippen LogP contribution in [0.2, 0.25) is 0 Å². The molecule has 0 aromatic heterocycles. The number of hydrogen-bond donors (Lipinski definition) is 2. The summed E-state index contributed by atoms with van der Waals surface area (Å²) in [6, 6.07) is 13.7. The fourth-order valence-corrected chi connectivity index (χ4v) is 3.49. The number of carbonyl (C=O) groups excluding carboxylic acids is 3. The summed E-state index contributed by atoms with van der Waals surface area (Å²) < 4.78 is 0.915. The van der Waals surface area contributed by atoms with Gasteiger partial charge >= 0.3 is 6.03 Å². The number of phenols is 1. The van der Waals surface area contributed by atoms with Gasteiger partial charge < -0.3 is 10.4 Å². The van der Waals surface area contributed by atoms with E-state index in [0.29, 0.717) is 18.4 Å². The van der Waals surface area contributed by atoms with Crippen molar-refractivity contribution in [3.63, 3.8) is 0 Å². The van der Waals surface area contributed by atoms with Gasteiger partial charge in [0.05, 0.1) is 6.54 Å². The van der Waals surface area contributed by atoms with E-state index in [1.807, 2.05) is 24.3 Å². The van der Waals surface area contributed by atoms with Crippen LogP contribution in [0, 0.1) is 0 Å². The Morgan fingerprint density at radius 2 is 1.82 bits per heavy atom. The maximum absolute atomic E-state index is 12.8. The van der Waals surface area contributed by atoms with Gasteiger partial charge in [-0.3, -0.25) is 14.5 Å². The SMILES string of the molecule is CC1(CCc2ccccc2O)NC(=O)N(CC(=O)Cc2ccc(Br)cc2)C1=O. The molecule has 0 bridgehead atoms. The zero-order chi connectivity index (χ0) is 20.3. The molecule has 0 aliphatic carbocycles. The average molecular weight is 445 g/mol. The first-order valence-corrected chi connectivity index (χ1v) is 9.75. The molecule has 1 aliphatic heterocycles. The molecule has 2 aromatic carbocycles. The lowest BCUT2D eigenvalue weighted by atomic mass is 9.93. The van der Waals surface area contributed by atoms with Crippen LogP contribution in [0.1, 0.15) is 24.5 Å². The Morgan fingerprint density at radius 1 is 1.14 bits per heavy atom. The van der Waals surface area contributed by atoms with Crippen molar-refractivity contribution in [2.45, 2.75) is 31.7 Å². The molecular formula is C21H21BrN2O4. The fourth-order valence-electron chi connectivity index (χ4n) is 3.23. The molecule has 0 radical (unpaired) electrons. The molecule has 1 fully saturated rings. The van der Waals surface area contributed by atoms with E-state index in [1.54, 1.807) is 31.2 Å². The number of carbonyl (C=O) groups is 3. The van der Waals surface area contributed by atoms with Gasteiger partial charge in [0.25, 0.3) is 5.91 Å². The number of amides is 3. The number of urea groups is 1. The standard InChI is InChI=1S/C21H21BrN2O4/c1-21(11-10-15-4-2-3-5-18(15)26)19(27)24(20(28)23-21)13-17(25)12-14-6-8-16(22)9-7-14/h2-9,26H,10-13H2,1H3,(H,23,28). The van der Waals surface area contributed by atoms with Gasteiger partial charge in [0, 0.05) is 10.9 Å². The molecule has 1 aliphatic rings. The van der Waals surface area contributed by atoms with E-state index in [2.05, 4.69) is 21.2 Å². The van der Waals surface area contributed by atoms with Gasteiger partial charge in [0.1, 0.15) is 11.3 Å². The minimum absolute atomic E-state index is 0.152. The Bertz CT molecular complexity index is 913. The summed E-state index contributed by atoms with van der Waals surface area (Å²) in [6.45, 7) is 1.39. The van der Waals surface area contributed by atoms with Gasteiger partial charge in [-0.2, -0.15) is 0 Å². The van der Waals surface area contributed by atoms with Crippen LogP contribution in [0.25, 0.3) is 0 Å². The molecule has 3 rings (SSSR count). The maximum Gasteiger partial charge on any atom is 0.325 e. The van der Waals surface area contributed by atoms with Crippen LogP contribution in [-0.4, -0.2) is 39.8 Å². The number of para-hydroxylation sites is 1. The number of rotatable bonds is 7. The van der Waals surface area contributed by atoms with Crippen molar-refractivity contribution in [3.05, 3.63) is 64.1 Å². The number of phenolic OH excluding ortho intramolecular Hbond substituents is 1. The van der Waals surface area contributed by atoms with Crippen LogP contribution in [-0.2, 0) is 22.4 Å². The van der Waals surface area contributed by atoms with Gasteiger partial charge in [-0.25, -0.2) is 4.79 Å². The lowest BCUT2D eigenvalue weighted by molar-refractivity contribution is -0.134. The van der Waals surface area contributed by atoms with Gasteiger partial charge in [-0.05, 0) is 49.1 Å². The summed E-state index contributed by atoms with van der Waals surface area (Å²) in [6.07, 6.45) is 0.904. The van der Waals surface area contributed by atoms with E-state index in [9.17, 15) is 19.5 Å². The number of hydrogen-bond acceptors (Lipinski definition) is 4. The monoisotopic (exact) mass is 444 g/mol. The van der Waals surface area contributed by atoms with Gasteiger partial charge in [-0.15, -0.1) is 0 Å². The zero-order valence-electron chi connectivity index (χ0n) is 15.4. The van der Waals surface area contributed by atoms with E-state index in [1.165, 1.54) is 0 Å². The second-order valence-corrected chi connectivity index (χ2v) is 8.04. The second kappa shape index (κ2) is 8.14. The molecule has 3 amide bonds. The van der Waals surface area contributed by atoms with Crippen LogP contribution in [0.4, 0.5) is 4.79 Å². The minimum Gasteiger partial charge on any atom is -0.508 e. The summed E-state index contributed by atoms with van der Waals surface area (Å²) in [5, 5.41) is 12.6. The highest BCUT2D eigenvalue weighted by molar-refractivity contribution is 9.10.